The van der Waals surface area contributed by atoms with Gasteiger partial charge in [-0.15, -0.1) is 0 Å². The Labute approximate surface area is 146 Å². The summed E-state index contributed by atoms with van der Waals surface area (Å²) in [4.78, 5) is 5.58. The van der Waals surface area contributed by atoms with Crippen molar-refractivity contribution in [2.24, 2.45) is 0 Å². The predicted octanol–water partition coefficient (Wildman–Crippen LogP) is 5.82. The number of nitrogens with zero attached hydrogens (tertiary/aromatic N) is 1. The third-order valence-electron chi connectivity index (χ3n) is 4.72. The van der Waals surface area contributed by atoms with E-state index in [1.807, 2.05) is 14.0 Å². The van der Waals surface area contributed by atoms with Crippen molar-refractivity contribution in [3.8, 4) is 0 Å². The molecule has 0 heterocycles. The zero-order valence-corrected chi connectivity index (χ0v) is 16.3. The molecule has 140 valence electrons. The molecule has 1 atom stereocenters. The summed E-state index contributed by atoms with van der Waals surface area (Å²) in [6, 6.07) is 0. The third kappa shape index (κ3) is 15.2. The van der Waals surface area contributed by atoms with Crippen LogP contribution in [0, 0.1) is 0 Å². The Hall–Kier alpha value is -0.120. The van der Waals surface area contributed by atoms with Gasteiger partial charge in [0.05, 0.1) is 0 Å². The predicted molar refractivity (Wildman–Crippen MR) is 100 cm³/mol. The Balaban J connectivity index is 3.21. The lowest BCUT2D eigenvalue weighted by Gasteiger charge is -2.28. The maximum atomic E-state index is 9.37. The van der Waals surface area contributed by atoms with E-state index in [1.165, 1.54) is 83.5 Å². The van der Waals surface area contributed by atoms with Crippen LogP contribution in [0.5, 0.6) is 0 Å². The van der Waals surface area contributed by atoms with Gasteiger partial charge in [-0.2, -0.15) is 4.65 Å². The molecule has 0 bridgehead atoms. The summed E-state index contributed by atoms with van der Waals surface area (Å²) >= 11 is 0. The standard InChI is InChI=1S/C20H44NO2/c1-4-6-7-8-9-10-11-12-13-14-15-16-17-18-19-21(3,20-22)23-5-2/h22H,4-20H2,1-3H3/q+1. The minimum absolute atomic E-state index is 0.0757. The second kappa shape index (κ2) is 16.7. The fraction of sp³-hybridized carbons (Fsp3) is 1.00. The lowest BCUT2D eigenvalue weighted by atomic mass is 10.0. The molecular weight excluding hydrogens is 286 g/mol. The summed E-state index contributed by atoms with van der Waals surface area (Å²) in [7, 11) is 1.96. The van der Waals surface area contributed by atoms with Crippen molar-refractivity contribution >= 4 is 0 Å². The Morgan fingerprint density at radius 3 is 1.39 bits per heavy atom. The molecular formula is C20H44NO2+. The maximum Gasteiger partial charge on any atom is 0.210 e. The SMILES string of the molecule is CCCCCCCCCCCCCCCC[N+](C)(CO)OCC. The van der Waals surface area contributed by atoms with Crippen LogP contribution in [0.15, 0.2) is 0 Å². The van der Waals surface area contributed by atoms with Crippen LogP contribution in [0.4, 0.5) is 0 Å². The van der Waals surface area contributed by atoms with Crippen LogP contribution >= 0.6 is 0 Å². The van der Waals surface area contributed by atoms with Gasteiger partial charge >= 0.3 is 0 Å². The first-order chi connectivity index (χ1) is 11.2. The molecule has 0 fully saturated rings. The number of hydrogen-bond donors (Lipinski definition) is 1. The van der Waals surface area contributed by atoms with E-state index in [1.54, 1.807) is 0 Å². The first kappa shape index (κ1) is 22.9. The molecule has 23 heavy (non-hydrogen) atoms. The van der Waals surface area contributed by atoms with Gasteiger partial charge in [0, 0.05) is 0 Å². The van der Waals surface area contributed by atoms with Gasteiger partial charge in [-0.1, -0.05) is 84.0 Å². The Morgan fingerprint density at radius 2 is 1.04 bits per heavy atom. The molecule has 0 aliphatic heterocycles. The van der Waals surface area contributed by atoms with Crippen molar-refractivity contribution < 1.29 is 14.6 Å². The highest BCUT2D eigenvalue weighted by molar-refractivity contribution is 4.49. The molecule has 0 aliphatic rings. The monoisotopic (exact) mass is 330 g/mol. The highest BCUT2D eigenvalue weighted by atomic mass is 16.7. The second-order valence-electron chi connectivity index (χ2n) is 7.18. The number of hydroxylamine groups is 3. The van der Waals surface area contributed by atoms with E-state index in [9.17, 15) is 5.11 Å². The van der Waals surface area contributed by atoms with Crippen LogP contribution in [0.3, 0.4) is 0 Å². The first-order valence-corrected chi connectivity index (χ1v) is 10.3. The molecule has 0 aliphatic carbocycles. The van der Waals surface area contributed by atoms with Crippen molar-refractivity contribution in [3.63, 3.8) is 0 Å². The smallest absolute Gasteiger partial charge is 0.210 e. The number of quaternary nitrogens is 1. The number of aliphatic hydroxyl groups is 1. The molecule has 0 aromatic rings. The highest BCUT2D eigenvalue weighted by Gasteiger charge is 2.20. The van der Waals surface area contributed by atoms with E-state index in [0.717, 1.165) is 13.0 Å². The molecule has 0 radical (unpaired) electrons. The normalized spacial score (nSPS) is 14.1. The summed E-state index contributed by atoms with van der Waals surface area (Å²) < 4.78 is 0.342. The molecule has 0 amide bonds. The van der Waals surface area contributed by atoms with Gasteiger partial charge in [0.2, 0.25) is 6.73 Å². The molecule has 0 spiro atoms. The van der Waals surface area contributed by atoms with Gasteiger partial charge in [0.25, 0.3) is 0 Å². The first-order valence-electron chi connectivity index (χ1n) is 10.3. The molecule has 0 saturated heterocycles. The van der Waals surface area contributed by atoms with Crippen LogP contribution < -0.4 is 0 Å². The van der Waals surface area contributed by atoms with Crippen LogP contribution in [0.2, 0.25) is 0 Å². The van der Waals surface area contributed by atoms with Crippen LogP contribution in [0.25, 0.3) is 0 Å². The largest absolute Gasteiger partial charge is 0.345 e. The number of unbranched alkanes of at least 4 members (excludes halogenated alkanes) is 13. The number of rotatable bonds is 18. The zero-order valence-electron chi connectivity index (χ0n) is 16.3. The van der Waals surface area contributed by atoms with Gasteiger partial charge < -0.3 is 5.11 Å². The van der Waals surface area contributed by atoms with Crippen molar-refractivity contribution in [2.45, 2.75) is 104 Å². The van der Waals surface area contributed by atoms with E-state index < -0.39 is 0 Å². The van der Waals surface area contributed by atoms with Gasteiger partial charge in [0.1, 0.15) is 20.2 Å². The van der Waals surface area contributed by atoms with Crippen LogP contribution in [-0.4, -0.2) is 36.7 Å². The quantitative estimate of drug-likeness (QED) is 0.149. The summed E-state index contributed by atoms with van der Waals surface area (Å²) in [5.41, 5.74) is 0. The molecule has 0 saturated carbocycles. The molecule has 3 nitrogen and oxygen atoms in total. The minimum atomic E-state index is 0.0757. The van der Waals surface area contributed by atoms with Gasteiger partial charge in [-0.3, -0.25) is 0 Å². The van der Waals surface area contributed by atoms with Gasteiger partial charge in [-0.05, 0) is 19.8 Å². The van der Waals surface area contributed by atoms with Crippen molar-refractivity contribution in [1.82, 2.24) is 0 Å². The molecule has 0 aromatic heterocycles. The lowest BCUT2D eigenvalue weighted by molar-refractivity contribution is -1.10. The van der Waals surface area contributed by atoms with E-state index in [2.05, 4.69) is 6.92 Å². The van der Waals surface area contributed by atoms with Crippen LogP contribution in [-0.2, 0) is 4.84 Å². The Kier molecular flexibility index (Phi) is 16.6. The van der Waals surface area contributed by atoms with Gasteiger partial charge in [-0.25, -0.2) is 4.84 Å². The zero-order chi connectivity index (χ0) is 17.2. The average Bonchev–Trinajstić information content (AvgIpc) is 2.55. The average molecular weight is 331 g/mol. The van der Waals surface area contributed by atoms with E-state index >= 15 is 0 Å². The summed E-state index contributed by atoms with van der Waals surface area (Å²) in [6.45, 7) is 5.92. The highest BCUT2D eigenvalue weighted by Crippen LogP contribution is 2.14. The third-order valence-corrected chi connectivity index (χ3v) is 4.72. The van der Waals surface area contributed by atoms with E-state index in [-0.39, 0.29) is 6.73 Å². The van der Waals surface area contributed by atoms with E-state index in [4.69, 9.17) is 4.84 Å². The summed E-state index contributed by atoms with van der Waals surface area (Å²) in [5, 5.41) is 9.37. The fourth-order valence-corrected chi connectivity index (χ4v) is 3.13. The second-order valence-corrected chi connectivity index (χ2v) is 7.18. The Bertz CT molecular complexity index is 236. The lowest BCUT2D eigenvalue weighted by Crippen LogP contribution is -2.45. The maximum absolute atomic E-state index is 9.37. The van der Waals surface area contributed by atoms with Crippen molar-refractivity contribution in [1.29, 1.82) is 0 Å². The summed E-state index contributed by atoms with van der Waals surface area (Å²) in [6.07, 6.45) is 19.3. The van der Waals surface area contributed by atoms with Crippen molar-refractivity contribution in [3.05, 3.63) is 0 Å². The fourth-order valence-electron chi connectivity index (χ4n) is 3.13. The van der Waals surface area contributed by atoms with Crippen LogP contribution in [0.1, 0.15) is 104 Å². The molecule has 0 rings (SSSR count). The number of aliphatic hydroxyl groups excluding tert-OH is 1. The topological polar surface area (TPSA) is 29.5 Å². The molecule has 1 unspecified atom stereocenters. The molecule has 3 heteroatoms. The summed E-state index contributed by atoms with van der Waals surface area (Å²) in [5.74, 6) is 0. The number of hydrogen-bond acceptors (Lipinski definition) is 2. The Morgan fingerprint density at radius 1 is 0.652 bits per heavy atom. The van der Waals surface area contributed by atoms with Crippen molar-refractivity contribution in [2.75, 3.05) is 26.9 Å². The minimum Gasteiger partial charge on any atom is -0.345 e. The van der Waals surface area contributed by atoms with E-state index in [0.29, 0.717) is 11.3 Å². The van der Waals surface area contributed by atoms with Gasteiger partial charge in [0.15, 0.2) is 0 Å². The molecule has 1 N–H and O–H groups in total. The molecule has 0 aromatic carbocycles.